The first-order chi connectivity index (χ1) is 9.24. The summed E-state index contributed by atoms with van der Waals surface area (Å²) in [7, 11) is 1.25. The fourth-order valence-corrected chi connectivity index (χ4v) is 2.29. The Morgan fingerprint density at radius 2 is 1.95 bits per heavy atom. The Morgan fingerprint density at radius 1 is 1.30 bits per heavy atom. The number of carbonyl (C=O) groups is 1. The van der Waals surface area contributed by atoms with Crippen molar-refractivity contribution in [1.82, 2.24) is 4.98 Å². The zero-order valence-electron chi connectivity index (χ0n) is 11.3. The Bertz CT molecular complexity index is 671. The molecule has 2 aromatic rings. The summed E-state index contributed by atoms with van der Waals surface area (Å²) in [6.45, 7) is 3.24. The highest BCUT2D eigenvalue weighted by Gasteiger charge is 2.34. The maximum Gasteiger partial charge on any atom is 0.418 e. The first kappa shape index (κ1) is 14.4. The molecule has 0 aliphatic heterocycles. The fourth-order valence-electron chi connectivity index (χ4n) is 2.29. The van der Waals surface area contributed by atoms with Gasteiger partial charge in [0.1, 0.15) is 0 Å². The van der Waals surface area contributed by atoms with E-state index < -0.39 is 17.7 Å². The summed E-state index contributed by atoms with van der Waals surface area (Å²) in [6.07, 6.45) is -4.49. The average Bonchev–Trinajstić information content (AvgIpc) is 2.64. The van der Waals surface area contributed by atoms with E-state index in [9.17, 15) is 18.0 Å². The van der Waals surface area contributed by atoms with Gasteiger partial charge in [-0.1, -0.05) is 0 Å². The SMILES string of the molecule is COC(=O)Cc1c(C)[nH]c2c(C(F)(F)F)cc(C)cc12. The first-order valence-corrected chi connectivity index (χ1v) is 6.00. The molecule has 20 heavy (non-hydrogen) atoms. The van der Waals surface area contributed by atoms with Crippen LogP contribution in [0.25, 0.3) is 10.9 Å². The molecular weight excluding hydrogens is 271 g/mol. The van der Waals surface area contributed by atoms with Crippen LogP contribution in [0.1, 0.15) is 22.4 Å². The Hall–Kier alpha value is -1.98. The zero-order valence-corrected chi connectivity index (χ0v) is 11.3. The second-order valence-corrected chi connectivity index (χ2v) is 4.71. The molecule has 0 radical (unpaired) electrons. The number of fused-ring (bicyclic) bond motifs is 1. The van der Waals surface area contributed by atoms with Crippen LogP contribution >= 0.6 is 0 Å². The number of esters is 1. The number of aromatic nitrogens is 1. The molecule has 0 saturated heterocycles. The second-order valence-electron chi connectivity index (χ2n) is 4.71. The molecule has 0 aliphatic carbocycles. The van der Waals surface area contributed by atoms with Crippen LogP contribution in [0.4, 0.5) is 13.2 Å². The van der Waals surface area contributed by atoms with E-state index in [2.05, 4.69) is 9.72 Å². The number of ether oxygens (including phenoxy) is 1. The van der Waals surface area contributed by atoms with Crippen LogP contribution in [0.5, 0.6) is 0 Å². The van der Waals surface area contributed by atoms with Crippen molar-refractivity contribution in [3.05, 3.63) is 34.5 Å². The molecule has 0 spiro atoms. The lowest BCUT2D eigenvalue weighted by atomic mass is 10.0. The molecule has 0 bridgehead atoms. The summed E-state index contributed by atoms with van der Waals surface area (Å²) in [5, 5.41) is 0.417. The number of carbonyl (C=O) groups excluding carboxylic acids is 1. The number of hydrogen-bond acceptors (Lipinski definition) is 2. The maximum atomic E-state index is 13.1. The van der Waals surface area contributed by atoms with Crippen molar-refractivity contribution in [3.63, 3.8) is 0 Å². The molecule has 1 aromatic carbocycles. The molecule has 1 N–H and O–H groups in total. The van der Waals surface area contributed by atoms with Crippen LogP contribution in [0.3, 0.4) is 0 Å². The smallest absolute Gasteiger partial charge is 0.418 e. The van der Waals surface area contributed by atoms with Gasteiger partial charge in [-0.3, -0.25) is 4.79 Å². The minimum atomic E-state index is -4.44. The normalized spacial score (nSPS) is 11.9. The Labute approximate surface area is 113 Å². The zero-order chi connectivity index (χ0) is 15.1. The number of hydrogen-bond donors (Lipinski definition) is 1. The molecule has 6 heteroatoms. The molecule has 0 fully saturated rings. The number of aryl methyl sites for hydroxylation is 2. The third-order valence-corrected chi connectivity index (χ3v) is 3.23. The molecule has 1 aromatic heterocycles. The second kappa shape index (κ2) is 4.85. The highest BCUT2D eigenvalue weighted by atomic mass is 19.4. The third-order valence-electron chi connectivity index (χ3n) is 3.23. The van der Waals surface area contributed by atoms with E-state index in [0.717, 1.165) is 6.07 Å². The summed E-state index contributed by atoms with van der Waals surface area (Å²) in [5.41, 5.74) is 0.878. The van der Waals surface area contributed by atoms with Gasteiger partial charge in [0, 0.05) is 11.1 Å². The molecule has 108 valence electrons. The quantitative estimate of drug-likeness (QED) is 0.858. The van der Waals surface area contributed by atoms with Crippen molar-refractivity contribution in [3.8, 4) is 0 Å². The topological polar surface area (TPSA) is 42.1 Å². The first-order valence-electron chi connectivity index (χ1n) is 6.00. The molecule has 1 heterocycles. The van der Waals surface area contributed by atoms with Crippen LogP contribution in [0.15, 0.2) is 12.1 Å². The average molecular weight is 285 g/mol. The number of H-pyrrole nitrogens is 1. The van der Waals surface area contributed by atoms with Crippen molar-refractivity contribution in [2.45, 2.75) is 26.4 Å². The third kappa shape index (κ3) is 2.50. The highest BCUT2D eigenvalue weighted by molar-refractivity contribution is 5.91. The van der Waals surface area contributed by atoms with Crippen molar-refractivity contribution >= 4 is 16.9 Å². The number of alkyl halides is 3. The van der Waals surface area contributed by atoms with E-state index in [1.54, 1.807) is 19.9 Å². The fraction of sp³-hybridized carbons (Fsp3) is 0.357. The Kier molecular flexibility index (Phi) is 3.50. The molecular formula is C14H14F3NO2. The maximum absolute atomic E-state index is 13.1. The van der Waals surface area contributed by atoms with Gasteiger partial charge >= 0.3 is 12.1 Å². The van der Waals surface area contributed by atoms with E-state index in [1.807, 2.05) is 0 Å². The van der Waals surface area contributed by atoms with Crippen molar-refractivity contribution in [2.75, 3.05) is 7.11 Å². The van der Waals surface area contributed by atoms with Crippen LogP contribution < -0.4 is 0 Å². The van der Waals surface area contributed by atoms with Gasteiger partial charge in [-0.15, -0.1) is 0 Å². The van der Waals surface area contributed by atoms with Crippen LogP contribution in [0.2, 0.25) is 0 Å². The van der Waals surface area contributed by atoms with Gasteiger partial charge in [0.25, 0.3) is 0 Å². The number of halogens is 3. The lowest BCUT2D eigenvalue weighted by Crippen LogP contribution is -2.07. The molecule has 0 aliphatic rings. The van der Waals surface area contributed by atoms with Crippen molar-refractivity contribution < 1.29 is 22.7 Å². The lowest BCUT2D eigenvalue weighted by Gasteiger charge is -2.09. The van der Waals surface area contributed by atoms with E-state index in [1.165, 1.54) is 7.11 Å². The number of benzene rings is 1. The van der Waals surface area contributed by atoms with Crippen LogP contribution in [-0.2, 0) is 22.1 Å². The van der Waals surface area contributed by atoms with Gasteiger partial charge in [0.2, 0.25) is 0 Å². The number of aromatic amines is 1. The number of rotatable bonds is 2. The van der Waals surface area contributed by atoms with Crippen LogP contribution in [0, 0.1) is 13.8 Å². The summed E-state index contributed by atoms with van der Waals surface area (Å²) in [6, 6.07) is 2.74. The van der Waals surface area contributed by atoms with Crippen molar-refractivity contribution in [2.24, 2.45) is 0 Å². The summed E-state index contributed by atoms with van der Waals surface area (Å²) in [4.78, 5) is 14.1. The Morgan fingerprint density at radius 3 is 2.50 bits per heavy atom. The van der Waals surface area contributed by atoms with E-state index in [4.69, 9.17) is 0 Å². The molecule has 3 nitrogen and oxygen atoms in total. The van der Waals surface area contributed by atoms with E-state index in [-0.39, 0.29) is 11.9 Å². The molecule has 2 rings (SSSR count). The standard InChI is InChI=1S/C14H14F3NO2/c1-7-4-10-9(6-12(19)20-3)8(2)18-13(10)11(5-7)14(15,16)17/h4-5,18H,6H2,1-3H3. The molecule has 0 saturated carbocycles. The summed E-state index contributed by atoms with van der Waals surface area (Å²) >= 11 is 0. The highest BCUT2D eigenvalue weighted by Crippen LogP contribution is 2.37. The van der Waals surface area contributed by atoms with Gasteiger partial charge in [-0.05, 0) is 37.1 Å². The molecule has 0 amide bonds. The van der Waals surface area contributed by atoms with Crippen molar-refractivity contribution in [1.29, 1.82) is 0 Å². The van der Waals surface area contributed by atoms with Gasteiger partial charge in [0.15, 0.2) is 0 Å². The van der Waals surface area contributed by atoms with Gasteiger partial charge in [0.05, 0.1) is 24.6 Å². The largest absolute Gasteiger partial charge is 0.469 e. The van der Waals surface area contributed by atoms with Gasteiger partial charge in [-0.25, -0.2) is 0 Å². The lowest BCUT2D eigenvalue weighted by molar-refractivity contribution is -0.139. The minimum absolute atomic E-state index is 0.0134. The van der Waals surface area contributed by atoms with E-state index in [0.29, 0.717) is 22.2 Å². The van der Waals surface area contributed by atoms with Gasteiger partial charge < -0.3 is 9.72 Å². The van der Waals surface area contributed by atoms with E-state index >= 15 is 0 Å². The predicted molar refractivity (Wildman–Crippen MR) is 68.5 cm³/mol. The van der Waals surface area contributed by atoms with Crippen LogP contribution in [-0.4, -0.2) is 18.1 Å². The number of nitrogens with one attached hydrogen (secondary N) is 1. The van der Waals surface area contributed by atoms with Gasteiger partial charge in [-0.2, -0.15) is 13.2 Å². The molecule has 0 unspecified atom stereocenters. The monoisotopic (exact) mass is 285 g/mol. The molecule has 0 atom stereocenters. The predicted octanol–water partition coefficient (Wildman–Crippen LogP) is 3.52. The number of methoxy groups -OCH3 is 1. The summed E-state index contributed by atoms with van der Waals surface area (Å²) < 4.78 is 43.7. The summed E-state index contributed by atoms with van der Waals surface area (Å²) in [5.74, 6) is -0.482. The Balaban J connectivity index is 2.71. The minimum Gasteiger partial charge on any atom is -0.469 e.